The van der Waals surface area contributed by atoms with Crippen LogP contribution in [-0.2, 0) is 12.3 Å². The molecule has 7 heteroatoms. The van der Waals surface area contributed by atoms with Gasteiger partial charge in [-0.2, -0.15) is 0 Å². The lowest BCUT2D eigenvalue weighted by Crippen LogP contribution is -2.00. The second-order valence-electron chi connectivity index (χ2n) is 5.21. The van der Waals surface area contributed by atoms with Crippen LogP contribution in [0, 0.1) is 6.92 Å². The molecule has 0 atom stereocenters. The van der Waals surface area contributed by atoms with Crippen molar-refractivity contribution in [1.82, 2.24) is 19.7 Å². The Kier molecular flexibility index (Phi) is 5.48. The highest BCUT2D eigenvalue weighted by Gasteiger charge is 2.11. The lowest BCUT2D eigenvalue weighted by molar-refractivity contribution is 0.703. The molecule has 0 unspecified atom stereocenters. The normalized spacial score (nSPS) is 11.1. The predicted octanol–water partition coefficient (Wildman–Crippen LogP) is 4.99. The highest BCUT2D eigenvalue weighted by Crippen LogP contribution is 2.29. The molecule has 0 bridgehead atoms. The van der Waals surface area contributed by atoms with Crippen molar-refractivity contribution >= 4 is 46.0 Å². The number of hydrogen-bond donors (Lipinski definition) is 0. The first-order chi connectivity index (χ1) is 11.6. The van der Waals surface area contributed by atoms with E-state index >= 15 is 0 Å². The Morgan fingerprint density at radius 3 is 2.88 bits per heavy atom. The fraction of sp³-hybridized carbons (Fsp3) is 0.235. The molecule has 0 fully saturated rings. The zero-order valence-electron chi connectivity index (χ0n) is 13.5. The highest BCUT2D eigenvalue weighted by atomic mass is 35.5. The fourth-order valence-corrected chi connectivity index (χ4v) is 4.04. The van der Waals surface area contributed by atoms with Crippen LogP contribution in [0.4, 0.5) is 0 Å². The Balaban J connectivity index is 1.85. The minimum Gasteiger partial charge on any atom is -0.302 e. The standard InChI is InChI=1S/C17H17ClN4S2/c1-4-7-22-11(2)20-21-17(22)24-10-13-8-12-5-6-14(23-3)9-15(12)19-16(13)18/h4-6,8-9H,1,7,10H2,2-3H3. The number of nitrogens with zero attached hydrogens (tertiary/aromatic N) is 4. The molecule has 124 valence electrons. The van der Waals surface area contributed by atoms with E-state index in [1.165, 1.54) is 4.90 Å². The van der Waals surface area contributed by atoms with Gasteiger partial charge in [0.15, 0.2) is 5.16 Å². The lowest BCUT2D eigenvalue weighted by atomic mass is 10.2. The third-order valence-corrected chi connectivity index (χ3v) is 5.69. The largest absolute Gasteiger partial charge is 0.302 e. The summed E-state index contributed by atoms with van der Waals surface area (Å²) >= 11 is 9.68. The molecule has 24 heavy (non-hydrogen) atoms. The molecule has 0 amide bonds. The summed E-state index contributed by atoms with van der Waals surface area (Å²) in [4.78, 5) is 5.72. The molecule has 0 N–H and O–H groups in total. The SMILES string of the molecule is C=CCn1c(C)nnc1SCc1cc2ccc(SC)cc2nc1Cl. The van der Waals surface area contributed by atoms with Crippen molar-refractivity contribution in [3.8, 4) is 0 Å². The van der Waals surface area contributed by atoms with Gasteiger partial charge < -0.3 is 4.57 Å². The summed E-state index contributed by atoms with van der Waals surface area (Å²) in [6.45, 7) is 6.42. The number of allylic oxidation sites excluding steroid dienone is 1. The van der Waals surface area contributed by atoms with Gasteiger partial charge in [0.25, 0.3) is 0 Å². The summed E-state index contributed by atoms with van der Waals surface area (Å²) in [5.41, 5.74) is 1.92. The van der Waals surface area contributed by atoms with Gasteiger partial charge in [0.2, 0.25) is 0 Å². The summed E-state index contributed by atoms with van der Waals surface area (Å²) in [5, 5.41) is 10.9. The molecule has 2 aromatic heterocycles. The van der Waals surface area contributed by atoms with Crippen molar-refractivity contribution in [2.45, 2.75) is 29.3 Å². The van der Waals surface area contributed by atoms with E-state index in [0.717, 1.165) is 27.4 Å². The van der Waals surface area contributed by atoms with E-state index in [9.17, 15) is 0 Å². The van der Waals surface area contributed by atoms with Gasteiger partial charge in [-0.1, -0.05) is 35.5 Å². The topological polar surface area (TPSA) is 43.6 Å². The summed E-state index contributed by atoms with van der Waals surface area (Å²) in [7, 11) is 0. The Morgan fingerprint density at radius 2 is 2.12 bits per heavy atom. The molecule has 3 rings (SSSR count). The van der Waals surface area contributed by atoms with E-state index in [1.807, 2.05) is 17.6 Å². The van der Waals surface area contributed by atoms with Crippen molar-refractivity contribution in [2.75, 3.05) is 6.26 Å². The minimum absolute atomic E-state index is 0.541. The Hall–Kier alpha value is -1.50. The van der Waals surface area contributed by atoms with Crippen molar-refractivity contribution in [2.24, 2.45) is 0 Å². The van der Waals surface area contributed by atoms with Gasteiger partial charge in [-0.25, -0.2) is 4.98 Å². The maximum atomic E-state index is 6.38. The van der Waals surface area contributed by atoms with Crippen LogP contribution >= 0.6 is 35.1 Å². The maximum absolute atomic E-state index is 6.38. The summed E-state index contributed by atoms with van der Waals surface area (Å²) in [6.07, 6.45) is 3.89. The maximum Gasteiger partial charge on any atom is 0.191 e. The monoisotopic (exact) mass is 376 g/mol. The molecule has 0 spiro atoms. The number of pyridine rings is 1. The minimum atomic E-state index is 0.541. The van der Waals surface area contributed by atoms with E-state index < -0.39 is 0 Å². The second-order valence-corrected chi connectivity index (χ2v) is 7.39. The zero-order valence-corrected chi connectivity index (χ0v) is 15.9. The van der Waals surface area contributed by atoms with E-state index in [-0.39, 0.29) is 0 Å². The summed E-state index contributed by atoms with van der Waals surface area (Å²) < 4.78 is 2.03. The Bertz CT molecular complexity index is 892. The van der Waals surface area contributed by atoms with Gasteiger partial charge in [0.1, 0.15) is 11.0 Å². The van der Waals surface area contributed by atoms with Gasteiger partial charge >= 0.3 is 0 Å². The second kappa shape index (κ2) is 7.59. The van der Waals surface area contributed by atoms with Gasteiger partial charge in [0, 0.05) is 28.1 Å². The molecule has 4 nitrogen and oxygen atoms in total. The predicted molar refractivity (Wildman–Crippen MR) is 103 cm³/mol. The smallest absolute Gasteiger partial charge is 0.191 e. The third-order valence-electron chi connectivity index (χ3n) is 3.62. The first-order valence-electron chi connectivity index (χ1n) is 7.39. The molecule has 0 aliphatic rings. The number of benzene rings is 1. The molecule has 0 saturated carbocycles. The quantitative estimate of drug-likeness (QED) is 0.344. The number of fused-ring (bicyclic) bond motifs is 1. The fourth-order valence-electron chi connectivity index (χ4n) is 2.35. The van der Waals surface area contributed by atoms with Crippen LogP contribution in [-0.4, -0.2) is 26.0 Å². The van der Waals surface area contributed by atoms with Crippen LogP contribution < -0.4 is 0 Å². The summed E-state index contributed by atoms with van der Waals surface area (Å²) in [5.74, 6) is 1.58. The first-order valence-corrected chi connectivity index (χ1v) is 9.98. The number of aryl methyl sites for hydroxylation is 1. The highest BCUT2D eigenvalue weighted by molar-refractivity contribution is 7.98. The zero-order chi connectivity index (χ0) is 17.1. The molecule has 2 heterocycles. The molecule has 0 aliphatic carbocycles. The molecule has 1 aromatic carbocycles. The van der Waals surface area contributed by atoms with Gasteiger partial charge in [-0.05, 0) is 31.4 Å². The van der Waals surface area contributed by atoms with E-state index in [4.69, 9.17) is 11.6 Å². The number of aromatic nitrogens is 4. The number of halogens is 1. The first kappa shape index (κ1) is 17.3. The van der Waals surface area contributed by atoms with Crippen LogP contribution in [0.1, 0.15) is 11.4 Å². The lowest BCUT2D eigenvalue weighted by Gasteiger charge is -2.08. The molecular weight excluding hydrogens is 360 g/mol. The Labute approximate surface area is 154 Å². The van der Waals surface area contributed by atoms with Crippen molar-refractivity contribution in [1.29, 1.82) is 0 Å². The van der Waals surface area contributed by atoms with Crippen LogP contribution in [0.5, 0.6) is 0 Å². The van der Waals surface area contributed by atoms with Crippen LogP contribution in [0.15, 0.2) is 47.0 Å². The van der Waals surface area contributed by atoms with E-state index in [2.05, 4.69) is 52.3 Å². The average molecular weight is 377 g/mol. The van der Waals surface area contributed by atoms with Crippen molar-refractivity contribution in [3.05, 3.63) is 53.5 Å². The average Bonchev–Trinajstić information content (AvgIpc) is 2.93. The summed E-state index contributed by atoms with van der Waals surface area (Å²) in [6, 6.07) is 8.35. The molecule has 0 aliphatic heterocycles. The number of rotatable bonds is 6. The van der Waals surface area contributed by atoms with Crippen LogP contribution in [0.3, 0.4) is 0 Å². The van der Waals surface area contributed by atoms with Gasteiger partial charge in [-0.3, -0.25) is 0 Å². The molecular formula is C17H17ClN4S2. The molecule has 0 saturated heterocycles. The number of hydrogen-bond acceptors (Lipinski definition) is 5. The molecule has 3 aromatic rings. The van der Waals surface area contributed by atoms with Gasteiger partial charge in [0.05, 0.1) is 5.52 Å². The number of thioether (sulfide) groups is 2. The van der Waals surface area contributed by atoms with Crippen LogP contribution in [0.25, 0.3) is 10.9 Å². The van der Waals surface area contributed by atoms with Gasteiger partial charge in [-0.15, -0.1) is 28.5 Å². The third kappa shape index (κ3) is 3.61. The Morgan fingerprint density at radius 1 is 1.29 bits per heavy atom. The van der Waals surface area contributed by atoms with Crippen molar-refractivity contribution < 1.29 is 0 Å². The molecule has 0 radical (unpaired) electrons. The van der Waals surface area contributed by atoms with Crippen molar-refractivity contribution in [3.63, 3.8) is 0 Å². The van der Waals surface area contributed by atoms with E-state index in [1.54, 1.807) is 23.5 Å². The van der Waals surface area contributed by atoms with E-state index in [0.29, 0.717) is 17.5 Å². The van der Waals surface area contributed by atoms with Crippen LogP contribution in [0.2, 0.25) is 5.15 Å².